The Morgan fingerprint density at radius 2 is 1.56 bits per heavy atom. The van der Waals surface area contributed by atoms with E-state index in [0.717, 1.165) is 44.9 Å². The molecule has 1 N–H and O–H groups in total. The Morgan fingerprint density at radius 1 is 0.912 bits per heavy atom. The molecule has 0 spiro atoms. The third kappa shape index (κ3) is 2.75. The highest BCUT2D eigenvalue weighted by molar-refractivity contribution is 5.96. The summed E-state index contributed by atoms with van der Waals surface area (Å²) in [7, 11) is 0. The van der Waals surface area contributed by atoms with Crippen LogP contribution in [0.1, 0.15) is 106 Å². The molecule has 34 heavy (non-hydrogen) atoms. The van der Waals surface area contributed by atoms with Gasteiger partial charge in [0.1, 0.15) is 5.78 Å². The largest absolute Gasteiger partial charge is 0.481 e. The number of rotatable bonds is 1. The maximum Gasteiger partial charge on any atom is 0.309 e. The summed E-state index contributed by atoms with van der Waals surface area (Å²) in [6, 6.07) is 0. The zero-order chi connectivity index (χ0) is 25.1. The molecule has 0 aromatic carbocycles. The molecule has 4 heteroatoms. The predicted molar refractivity (Wildman–Crippen MR) is 132 cm³/mol. The van der Waals surface area contributed by atoms with Gasteiger partial charge in [0.05, 0.1) is 5.41 Å². The molecule has 0 saturated heterocycles. The number of carboxylic acids is 1. The van der Waals surface area contributed by atoms with Crippen molar-refractivity contribution in [2.75, 3.05) is 0 Å². The Kier molecular flexibility index (Phi) is 4.89. The average molecular weight is 469 g/mol. The second-order valence-electron chi connectivity index (χ2n) is 14.7. The van der Waals surface area contributed by atoms with Crippen molar-refractivity contribution in [3.8, 4) is 0 Å². The molecule has 8 atom stereocenters. The minimum Gasteiger partial charge on any atom is -0.481 e. The highest BCUT2D eigenvalue weighted by Gasteiger charge is 2.70. The zero-order valence-electron chi connectivity index (χ0n) is 22.3. The lowest BCUT2D eigenvalue weighted by atomic mass is 9.33. The van der Waals surface area contributed by atoms with E-state index in [1.165, 1.54) is 5.57 Å². The van der Waals surface area contributed by atoms with Crippen molar-refractivity contribution >= 4 is 17.5 Å². The number of Topliss-reactive ketones (excluding diaryl/α,β-unsaturated/α-hetero) is 1. The Morgan fingerprint density at radius 3 is 2.21 bits per heavy atom. The van der Waals surface area contributed by atoms with E-state index in [0.29, 0.717) is 18.6 Å². The molecule has 0 aromatic heterocycles. The fourth-order valence-corrected chi connectivity index (χ4v) is 10.2. The van der Waals surface area contributed by atoms with Crippen molar-refractivity contribution in [3.05, 3.63) is 11.6 Å². The lowest BCUT2D eigenvalue weighted by molar-refractivity contribution is -0.188. The summed E-state index contributed by atoms with van der Waals surface area (Å²) in [6.45, 7) is 15.5. The third-order valence-electron chi connectivity index (χ3n) is 12.8. The number of fused-ring (bicyclic) bond motifs is 7. The summed E-state index contributed by atoms with van der Waals surface area (Å²) in [4.78, 5) is 39.3. The second kappa shape index (κ2) is 6.85. The van der Waals surface area contributed by atoms with E-state index in [1.807, 2.05) is 13.0 Å². The summed E-state index contributed by atoms with van der Waals surface area (Å²) >= 11 is 0. The Hall–Kier alpha value is -1.45. The van der Waals surface area contributed by atoms with E-state index >= 15 is 0 Å². The Labute approximate surface area is 205 Å². The van der Waals surface area contributed by atoms with Crippen LogP contribution >= 0.6 is 0 Å². The minimum absolute atomic E-state index is 0.0707. The van der Waals surface area contributed by atoms with E-state index in [9.17, 15) is 19.5 Å². The summed E-state index contributed by atoms with van der Waals surface area (Å²) < 4.78 is 0. The topological polar surface area (TPSA) is 71.4 Å². The van der Waals surface area contributed by atoms with Gasteiger partial charge in [-0.25, -0.2) is 0 Å². The van der Waals surface area contributed by atoms with Gasteiger partial charge in [-0.15, -0.1) is 0 Å². The summed E-state index contributed by atoms with van der Waals surface area (Å²) in [6.07, 6.45) is 9.78. The van der Waals surface area contributed by atoms with Gasteiger partial charge in [-0.1, -0.05) is 47.1 Å². The van der Waals surface area contributed by atoms with Gasteiger partial charge in [-0.3, -0.25) is 14.4 Å². The number of ketones is 2. The van der Waals surface area contributed by atoms with Crippen LogP contribution < -0.4 is 0 Å². The molecule has 5 aliphatic rings. The standard InChI is InChI=1S/C30H44O4/c1-25(2)21-8-11-30(7)23(28(21,5)10-9-22(25)32)20(31)16-18-19-17-27(4,24(33)34)13-12-26(19,3)14-15-29(18,30)6/h16,19,21,23H,8-15,17H2,1-7H3,(H,33,34)/t19-,21-,23+,26-,27+,28+,29-,30-/m1/s1. The number of hydrogen-bond donors (Lipinski definition) is 1. The molecule has 4 saturated carbocycles. The van der Waals surface area contributed by atoms with Gasteiger partial charge in [-0.05, 0) is 97.9 Å². The fraction of sp³-hybridized carbons (Fsp3) is 0.833. The molecule has 4 nitrogen and oxygen atoms in total. The highest BCUT2D eigenvalue weighted by atomic mass is 16.4. The fourth-order valence-electron chi connectivity index (χ4n) is 10.2. The zero-order valence-corrected chi connectivity index (χ0v) is 22.3. The maximum absolute atomic E-state index is 14.2. The summed E-state index contributed by atoms with van der Waals surface area (Å²) in [5, 5.41) is 10.0. The molecule has 0 heterocycles. The smallest absolute Gasteiger partial charge is 0.309 e. The maximum atomic E-state index is 14.2. The second-order valence-corrected chi connectivity index (χ2v) is 14.7. The third-order valence-corrected chi connectivity index (χ3v) is 12.8. The average Bonchev–Trinajstić information content (AvgIpc) is 2.73. The van der Waals surface area contributed by atoms with Crippen LogP contribution in [0.5, 0.6) is 0 Å². The van der Waals surface area contributed by atoms with Crippen molar-refractivity contribution in [2.45, 2.75) is 106 Å². The quantitative estimate of drug-likeness (QED) is 0.469. The lowest BCUT2D eigenvalue weighted by Crippen LogP contribution is -2.66. The van der Waals surface area contributed by atoms with Gasteiger partial charge in [0.15, 0.2) is 5.78 Å². The molecular formula is C30H44O4. The number of carbonyl (C=O) groups is 3. The van der Waals surface area contributed by atoms with Gasteiger partial charge in [0.2, 0.25) is 0 Å². The predicted octanol–water partition coefficient (Wildman–Crippen LogP) is 6.62. The number of hydrogen-bond acceptors (Lipinski definition) is 3. The van der Waals surface area contributed by atoms with Gasteiger partial charge in [0.25, 0.3) is 0 Å². The van der Waals surface area contributed by atoms with Crippen molar-refractivity contribution < 1.29 is 19.5 Å². The number of carbonyl (C=O) groups excluding carboxylic acids is 2. The molecule has 0 unspecified atom stereocenters. The Bertz CT molecular complexity index is 1010. The van der Waals surface area contributed by atoms with E-state index < -0.39 is 11.4 Å². The van der Waals surface area contributed by atoms with E-state index in [-0.39, 0.29) is 50.6 Å². The molecule has 0 aromatic rings. The molecular weight excluding hydrogens is 424 g/mol. The van der Waals surface area contributed by atoms with E-state index in [1.54, 1.807) is 0 Å². The van der Waals surface area contributed by atoms with Crippen LogP contribution in [0, 0.1) is 50.2 Å². The van der Waals surface area contributed by atoms with Crippen LogP contribution in [0.4, 0.5) is 0 Å². The van der Waals surface area contributed by atoms with E-state index in [2.05, 4.69) is 41.5 Å². The van der Waals surface area contributed by atoms with Gasteiger partial charge in [0, 0.05) is 17.8 Å². The van der Waals surface area contributed by atoms with Crippen molar-refractivity contribution in [1.29, 1.82) is 0 Å². The van der Waals surface area contributed by atoms with Crippen molar-refractivity contribution in [2.24, 2.45) is 50.2 Å². The summed E-state index contributed by atoms with van der Waals surface area (Å²) in [5.74, 6) is 0.222. The first kappa shape index (κ1) is 24.3. The summed E-state index contributed by atoms with van der Waals surface area (Å²) in [5.41, 5.74) is -0.205. The number of aliphatic carboxylic acids is 1. The molecule has 5 rings (SSSR count). The minimum atomic E-state index is -0.721. The lowest BCUT2D eigenvalue weighted by Gasteiger charge is -2.69. The highest BCUT2D eigenvalue weighted by Crippen LogP contribution is 2.74. The van der Waals surface area contributed by atoms with Crippen molar-refractivity contribution in [1.82, 2.24) is 0 Å². The first-order valence-electron chi connectivity index (χ1n) is 13.6. The van der Waals surface area contributed by atoms with Crippen LogP contribution in [0.2, 0.25) is 0 Å². The molecule has 0 radical (unpaired) electrons. The first-order valence-corrected chi connectivity index (χ1v) is 13.6. The van der Waals surface area contributed by atoms with Gasteiger partial charge < -0.3 is 5.11 Å². The molecule has 5 aliphatic carbocycles. The van der Waals surface area contributed by atoms with Crippen LogP contribution in [-0.2, 0) is 14.4 Å². The molecule has 4 fully saturated rings. The number of carboxylic acid groups (broad SMARTS) is 1. The molecule has 0 bridgehead atoms. The normalized spacial score (nSPS) is 52.0. The number of allylic oxidation sites excluding steroid dienone is 2. The van der Waals surface area contributed by atoms with Gasteiger partial charge in [-0.2, -0.15) is 0 Å². The Balaban J connectivity index is 1.63. The first-order chi connectivity index (χ1) is 15.6. The van der Waals surface area contributed by atoms with Crippen molar-refractivity contribution in [3.63, 3.8) is 0 Å². The van der Waals surface area contributed by atoms with Crippen LogP contribution in [0.15, 0.2) is 11.6 Å². The van der Waals surface area contributed by atoms with Crippen LogP contribution in [-0.4, -0.2) is 22.6 Å². The SMILES string of the molecule is CC1(C)C(=O)CC[C@@]2(C)[C@@H]1CC[C@]1(C)[C@H]2C(=O)C=C2[C@H]3C[C@@](C)(C(=O)O)CC[C@]3(C)CC[C@]21C. The molecule has 0 aliphatic heterocycles. The monoisotopic (exact) mass is 468 g/mol. The van der Waals surface area contributed by atoms with Crippen LogP contribution in [0.25, 0.3) is 0 Å². The van der Waals surface area contributed by atoms with E-state index in [4.69, 9.17) is 0 Å². The van der Waals surface area contributed by atoms with Gasteiger partial charge >= 0.3 is 5.97 Å². The van der Waals surface area contributed by atoms with Crippen LogP contribution in [0.3, 0.4) is 0 Å². The molecule has 0 amide bonds. The molecule has 188 valence electrons.